The van der Waals surface area contributed by atoms with Gasteiger partial charge in [-0.05, 0) is 24.6 Å². The monoisotopic (exact) mass is 296 g/mol. The Bertz CT molecular complexity index is 818. The number of benzene rings is 2. The number of thiol groups is 1. The first-order chi connectivity index (χ1) is 10.2. The van der Waals surface area contributed by atoms with E-state index in [1.807, 2.05) is 67.7 Å². The highest BCUT2D eigenvalue weighted by atomic mass is 32.1. The van der Waals surface area contributed by atoms with Crippen LogP contribution in [0.3, 0.4) is 0 Å². The van der Waals surface area contributed by atoms with Crippen molar-refractivity contribution in [2.24, 2.45) is 0 Å². The molecule has 0 aliphatic heterocycles. The van der Waals surface area contributed by atoms with Gasteiger partial charge in [0.2, 0.25) is 0 Å². The number of aromatic nitrogens is 2. The van der Waals surface area contributed by atoms with E-state index in [1.165, 1.54) is 0 Å². The number of imidazole rings is 1. The second kappa shape index (κ2) is 5.66. The molecule has 0 saturated carbocycles. The van der Waals surface area contributed by atoms with E-state index in [4.69, 9.17) is 0 Å². The molecule has 21 heavy (non-hydrogen) atoms. The van der Waals surface area contributed by atoms with Gasteiger partial charge in [0.15, 0.2) is 0 Å². The first-order valence-corrected chi connectivity index (χ1v) is 7.22. The smallest absolute Gasteiger partial charge is 0.292 e. The summed E-state index contributed by atoms with van der Waals surface area (Å²) in [6.45, 7) is 2.52. The summed E-state index contributed by atoms with van der Waals surface area (Å²) in [5.41, 5.74) is 2.80. The van der Waals surface area contributed by atoms with E-state index in [0.29, 0.717) is 6.54 Å². The Morgan fingerprint density at radius 3 is 2.38 bits per heavy atom. The zero-order valence-electron chi connectivity index (χ0n) is 11.7. The number of hydrogen-bond donors (Lipinski definition) is 1. The van der Waals surface area contributed by atoms with Gasteiger partial charge in [-0.3, -0.25) is 9.13 Å². The fraction of sp³-hybridized carbons (Fsp3) is 0.118. The predicted octanol–water partition coefficient (Wildman–Crippen LogP) is 3.28. The van der Waals surface area contributed by atoms with Gasteiger partial charge in [0.25, 0.3) is 0 Å². The molecule has 0 N–H and O–H groups in total. The maximum absolute atomic E-state index is 12.6. The van der Waals surface area contributed by atoms with Crippen molar-refractivity contribution in [2.75, 3.05) is 0 Å². The lowest BCUT2D eigenvalue weighted by molar-refractivity contribution is 0.722. The third-order valence-electron chi connectivity index (χ3n) is 3.50. The number of aryl methyl sites for hydroxylation is 1. The second-order valence-electron chi connectivity index (χ2n) is 4.98. The molecule has 4 heteroatoms. The maximum Gasteiger partial charge on any atom is 0.333 e. The molecular formula is C17H16N2OS. The Kier molecular flexibility index (Phi) is 3.71. The van der Waals surface area contributed by atoms with Gasteiger partial charge in [-0.15, -0.1) is 12.6 Å². The average Bonchev–Trinajstić information content (AvgIpc) is 2.77. The zero-order chi connectivity index (χ0) is 14.8. The Labute approximate surface area is 128 Å². The Balaban J connectivity index is 2.06. The molecule has 0 unspecified atom stereocenters. The van der Waals surface area contributed by atoms with Crippen LogP contribution < -0.4 is 5.69 Å². The number of para-hydroxylation sites is 1. The molecule has 1 aromatic heterocycles. The molecule has 0 radical (unpaired) electrons. The molecular weight excluding hydrogens is 280 g/mol. The van der Waals surface area contributed by atoms with E-state index in [2.05, 4.69) is 12.6 Å². The van der Waals surface area contributed by atoms with Gasteiger partial charge in [-0.2, -0.15) is 0 Å². The minimum Gasteiger partial charge on any atom is -0.292 e. The lowest BCUT2D eigenvalue weighted by atomic mass is 10.2. The van der Waals surface area contributed by atoms with Crippen molar-refractivity contribution in [3.63, 3.8) is 0 Å². The zero-order valence-corrected chi connectivity index (χ0v) is 12.6. The van der Waals surface area contributed by atoms with Crippen LogP contribution in [0.4, 0.5) is 0 Å². The third-order valence-corrected chi connectivity index (χ3v) is 3.88. The second-order valence-corrected chi connectivity index (χ2v) is 5.47. The summed E-state index contributed by atoms with van der Waals surface area (Å²) in [5, 5.41) is 0. The van der Waals surface area contributed by atoms with Crippen LogP contribution in [0.25, 0.3) is 5.69 Å². The van der Waals surface area contributed by atoms with E-state index in [9.17, 15) is 4.79 Å². The van der Waals surface area contributed by atoms with Crippen molar-refractivity contribution in [3.8, 4) is 5.69 Å². The molecule has 0 atom stereocenters. The van der Waals surface area contributed by atoms with E-state index < -0.39 is 0 Å². The molecule has 3 rings (SSSR count). The van der Waals surface area contributed by atoms with Gasteiger partial charge in [-0.1, -0.05) is 42.5 Å². The fourth-order valence-corrected chi connectivity index (χ4v) is 2.66. The summed E-state index contributed by atoms with van der Waals surface area (Å²) in [5.74, 6) is 0. The first-order valence-electron chi connectivity index (χ1n) is 6.78. The topological polar surface area (TPSA) is 26.9 Å². The van der Waals surface area contributed by atoms with E-state index >= 15 is 0 Å². The Morgan fingerprint density at radius 2 is 1.67 bits per heavy atom. The highest BCUT2D eigenvalue weighted by molar-refractivity contribution is 7.80. The number of hydrogen-bond acceptors (Lipinski definition) is 2. The molecule has 0 saturated heterocycles. The molecule has 0 fully saturated rings. The molecule has 0 aliphatic rings. The molecule has 0 bridgehead atoms. The molecule has 2 aromatic carbocycles. The standard InChI is InChI=1S/C17H16N2OS/c1-13-11-19(15-9-5-6-10-16(15)21)17(20)18(13)12-14-7-3-2-4-8-14/h2-11,21H,12H2,1H3. The first kappa shape index (κ1) is 13.8. The van der Waals surface area contributed by atoms with Gasteiger partial charge in [0.1, 0.15) is 0 Å². The van der Waals surface area contributed by atoms with Crippen molar-refractivity contribution in [1.29, 1.82) is 0 Å². The van der Waals surface area contributed by atoms with Crippen molar-refractivity contribution in [1.82, 2.24) is 9.13 Å². The van der Waals surface area contributed by atoms with Gasteiger partial charge in [0.05, 0.1) is 12.2 Å². The van der Waals surface area contributed by atoms with Crippen LogP contribution in [0.15, 0.2) is 70.5 Å². The molecule has 106 valence electrons. The maximum atomic E-state index is 12.6. The van der Waals surface area contributed by atoms with Crippen molar-refractivity contribution < 1.29 is 0 Å². The van der Waals surface area contributed by atoms with Gasteiger partial charge in [0, 0.05) is 16.8 Å². The van der Waals surface area contributed by atoms with Crippen LogP contribution in [-0.4, -0.2) is 9.13 Å². The van der Waals surface area contributed by atoms with Crippen LogP contribution in [0.1, 0.15) is 11.3 Å². The van der Waals surface area contributed by atoms with Crippen LogP contribution in [0.5, 0.6) is 0 Å². The normalized spacial score (nSPS) is 10.8. The lowest BCUT2D eigenvalue weighted by Gasteiger charge is -2.05. The quantitative estimate of drug-likeness (QED) is 0.738. The summed E-state index contributed by atoms with van der Waals surface area (Å²) in [7, 11) is 0. The minimum absolute atomic E-state index is 0.0437. The van der Waals surface area contributed by atoms with Crippen LogP contribution in [-0.2, 0) is 6.54 Å². The molecule has 0 spiro atoms. The Morgan fingerprint density at radius 1 is 1.00 bits per heavy atom. The minimum atomic E-state index is -0.0437. The number of rotatable bonds is 3. The molecule has 1 heterocycles. The molecule has 3 nitrogen and oxygen atoms in total. The Hall–Kier alpha value is -2.20. The highest BCUT2D eigenvalue weighted by Gasteiger charge is 2.11. The van der Waals surface area contributed by atoms with Gasteiger partial charge < -0.3 is 0 Å². The van der Waals surface area contributed by atoms with Crippen molar-refractivity contribution in [3.05, 3.63) is 82.5 Å². The summed E-state index contributed by atoms with van der Waals surface area (Å²) in [6, 6.07) is 17.6. The van der Waals surface area contributed by atoms with Gasteiger partial charge in [-0.25, -0.2) is 4.79 Å². The molecule has 0 aliphatic carbocycles. The van der Waals surface area contributed by atoms with Crippen LogP contribution in [0, 0.1) is 6.92 Å². The summed E-state index contributed by atoms with van der Waals surface area (Å²) in [4.78, 5) is 13.4. The summed E-state index contributed by atoms with van der Waals surface area (Å²) >= 11 is 4.43. The van der Waals surface area contributed by atoms with E-state index in [-0.39, 0.29) is 5.69 Å². The molecule has 0 amide bonds. The third kappa shape index (κ3) is 2.67. The average molecular weight is 296 g/mol. The fourth-order valence-electron chi connectivity index (χ4n) is 2.39. The predicted molar refractivity (Wildman–Crippen MR) is 87.6 cm³/mol. The van der Waals surface area contributed by atoms with Crippen LogP contribution >= 0.6 is 12.6 Å². The van der Waals surface area contributed by atoms with E-state index in [0.717, 1.165) is 21.8 Å². The van der Waals surface area contributed by atoms with E-state index in [1.54, 1.807) is 9.13 Å². The summed E-state index contributed by atoms with van der Waals surface area (Å²) in [6.07, 6.45) is 1.86. The molecule has 3 aromatic rings. The van der Waals surface area contributed by atoms with Crippen LogP contribution in [0.2, 0.25) is 0 Å². The highest BCUT2D eigenvalue weighted by Crippen LogP contribution is 2.17. The number of nitrogens with zero attached hydrogens (tertiary/aromatic N) is 2. The largest absolute Gasteiger partial charge is 0.333 e. The SMILES string of the molecule is Cc1cn(-c2ccccc2S)c(=O)n1Cc1ccccc1. The lowest BCUT2D eigenvalue weighted by Crippen LogP contribution is -2.24. The summed E-state index contributed by atoms with van der Waals surface area (Å²) < 4.78 is 3.43. The van der Waals surface area contributed by atoms with Crippen molar-refractivity contribution in [2.45, 2.75) is 18.4 Å². The van der Waals surface area contributed by atoms with Crippen molar-refractivity contribution >= 4 is 12.6 Å². The van der Waals surface area contributed by atoms with Gasteiger partial charge >= 0.3 is 5.69 Å².